The van der Waals surface area contributed by atoms with Crippen molar-refractivity contribution in [2.75, 3.05) is 18.0 Å². The van der Waals surface area contributed by atoms with Crippen molar-refractivity contribution in [2.45, 2.75) is 31.7 Å². The first-order valence-electron chi connectivity index (χ1n) is 7.98. The zero-order chi connectivity index (χ0) is 14.5. The zero-order valence-electron chi connectivity index (χ0n) is 12.5. The summed E-state index contributed by atoms with van der Waals surface area (Å²) in [7, 11) is 0. The van der Waals surface area contributed by atoms with Gasteiger partial charge < -0.3 is 10.6 Å². The molecule has 2 N–H and O–H groups in total. The highest BCUT2D eigenvalue weighted by Gasteiger charge is 2.19. The van der Waals surface area contributed by atoms with Gasteiger partial charge in [0.2, 0.25) is 0 Å². The van der Waals surface area contributed by atoms with Gasteiger partial charge in [0.1, 0.15) is 0 Å². The lowest BCUT2D eigenvalue weighted by Gasteiger charge is -2.25. The fourth-order valence-corrected chi connectivity index (χ4v) is 3.22. The van der Waals surface area contributed by atoms with Gasteiger partial charge >= 0.3 is 0 Å². The molecule has 0 aliphatic carbocycles. The van der Waals surface area contributed by atoms with Crippen LogP contribution in [0.5, 0.6) is 0 Å². The van der Waals surface area contributed by atoms with E-state index in [-0.39, 0.29) is 6.04 Å². The maximum absolute atomic E-state index is 6.30. The first-order chi connectivity index (χ1) is 10.3. The minimum absolute atomic E-state index is 0.195. The van der Waals surface area contributed by atoms with Gasteiger partial charge in [0.05, 0.1) is 0 Å². The van der Waals surface area contributed by atoms with E-state index < -0.39 is 0 Å². The van der Waals surface area contributed by atoms with Crippen molar-refractivity contribution in [2.24, 2.45) is 5.73 Å². The molecule has 1 aliphatic rings. The molecule has 2 aromatic carbocycles. The molecule has 2 aromatic rings. The van der Waals surface area contributed by atoms with E-state index in [0.717, 1.165) is 25.9 Å². The standard InChI is InChI=1S/C19H24N2/c20-18-12-7-15-21(19-13-5-4-11-17(18)19)14-6-10-16-8-2-1-3-9-16/h1-5,8-9,11,13,18H,6-7,10,12,14-15,20H2. The van der Waals surface area contributed by atoms with E-state index in [1.165, 1.54) is 29.7 Å². The molecule has 1 atom stereocenters. The normalized spacial score (nSPS) is 18.1. The van der Waals surface area contributed by atoms with Crippen LogP contribution in [0.4, 0.5) is 5.69 Å². The maximum Gasteiger partial charge on any atom is 0.0414 e. The highest BCUT2D eigenvalue weighted by atomic mass is 15.1. The quantitative estimate of drug-likeness (QED) is 0.919. The summed E-state index contributed by atoms with van der Waals surface area (Å²) in [6, 6.07) is 19.6. The zero-order valence-corrected chi connectivity index (χ0v) is 12.5. The summed E-state index contributed by atoms with van der Waals surface area (Å²) in [5.41, 5.74) is 10.4. The first-order valence-corrected chi connectivity index (χ1v) is 7.98. The summed E-state index contributed by atoms with van der Waals surface area (Å²) < 4.78 is 0. The first kappa shape index (κ1) is 14.2. The van der Waals surface area contributed by atoms with E-state index in [4.69, 9.17) is 5.73 Å². The van der Waals surface area contributed by atoms with Gasteiger partial charge in [0, 0.05) is 24.8 Å². The number of nitrogens with zero attached hydrogens (tertiary/aromatic N) is 1. The molecule has 0 bridgehead atoms. The number of aryl methyl sites for hydroxylation is 1. The van der Waals surface area contributed by atoms with E-state index in [9.17, 15) is 0 Å². The van der Waals surface area contributed by atoms with Crippen LogP contribution in [0, 0.1) is 0 Å². The van der Waals surface area contributed by atoms with Gasteiger partial charge in [0.15, 0.2) is 0 Å². The number of anilines is 1. The van der Waals surface area contributed by atoms with Crippen molar-refractivity contribution in [1.29, 1.82) is 0 Å². The van der Waals surface area contributed by atoms with Crippen molar-refractivity contribution in [3.05, 3.63) is 65.7 Å². The Hall–Kier alpha value is -1.80. The molecule has 1 unspecified atom stereocenters. The topological polar surface area (TPSA) is 29.3 Å². The van der Waals surface area contributed by atoms with Crippen molar-refractivity contribution in [3.8, 4) is 0 Å². The molecule has 21 heavy (non-hydrogen) atoms. The third-order valence-corrected chi connectivity index (χ3v) is 4.36. The molecule has 1 aliphatic heterocycles. The second-order valence-electron chi connectivity index (χ2n) is 5.88. The van der Waals surface area contributed by atoms with Gasteiger partial charge in [-0.15, -0.1) is 0 Å². The summed E-state index contributed by atoms with van der Waals surface area (Å²) in [6.45, 7) is 2.23. The molecule has 110 valence electrons. The predicted octanol–water partition coefficient (Wildman–Crippen LogP) is 3.92. The largest absolute Gasteiger partial charge is 0.371 e. The van der Waals surface area contributed by atoms with Gasteiger partial charge in [-0.2, -0.15) is 0 Å². The number of benzene rings is 2. The molecule has 1 heterocycles. The fourth-order valence-electron chi connectivity index (χ4n) is 3.22. The summed E-state index contributed by atoms with van der Waals surface area (Å²) in [6.07, 6.45) is 4.60. The molecule has 0 aromatic heterocycles. The second-order valence-corrected chi connectivity index (χ2v) is 5.88. The van der Waals surface area contributed by atoms with E-state index in [1.54, 1.807) is 0 Å². The van der Waals surface area contributed by atoms with Crippen LogP contribution >= 0.6 is 0 Å². The van der Waals surface area contributed by atoms with Crippen LogP contribution in [0.25, 0.3) is 0 Å². The Labute approximate surface area is 127 Å². The van der Waals surface area contributed by atoms with Gasteiger partial charge in [-0.1, -0.05) is 48.5 Å². The van der Waals surface area contributed by atoms with Crippen LogP contribution in [0.15, 0.2) is 54.6 Å². The molecule has 0 saturated heterocycles. The number of nitrogens with two attached hydrogens (primary N) is 1. The Morgan fingerprint density at radius 2 is 1.76 bits per heavy atom. The van der Waals surface area contributed by atoms with E-state index in [1.807, 2.05) is 0 Å². The number of hydrogen-bond donors (Lipinski definition) is 1. The molecule has 3 rings (SSSR count). The van der Waals surface area contributed by atoms with Crippen LogP contribution in [0.3, 0.4) is 0 Å². The minimum Gasteiger partial charge on any atom is -0.371 e. The van der Waals surface area contributed by atoms with Crippen molar-refractivity contribution < 1.29 is 0 Å². The van der Waals surface area contributed by atoms with Gasteiger partial charge in [0.25, 0.3) is 0 Å². The van der Waals surface area contributed by atoms with Crippen LogP contribution in [0.2, 0.25) is 0 Å². The molecule has 0 amide bonds. The fraction of sp³-hybridized carbons (Fsp3) is 0.368. The summed E-state index contributed by atoms with van der Waals surface area (Å²) in [5, 5.41) is 0. The molecular formula is C19H24N2. The summed E-state index contributed by atoms with van der Waals surface area (Å²) in [4.78, 5) is 2.52. The lowest BCUT2D eigenvalue weighted by atomic mass is 10.0. The number of rotatable bonds is 4. The number of fused-ring (bicyclic) bond motifs is 1. The third-order valence-electron chi connectivity index (χ3n) is 4.36. The lowest BCUT2D eigenvalue weighted by Crippen LogP contribution is -2.25. The SMILES string of the molecule is NC1CCCN(CCCc2ccccc2)c2ccccc21. The Kier molecular flexibility index (Phi) is 4.56. The minimum atomic E-state index is 0.195. The second kappa shape index (κ2) is 6.77. The van der Waals surface area contributed by atoms with Crippen molar-refractivity contribution in [1.82, 2.24) is 0 Å². The van der Waals surface area contributed by atoms with E-state index in [2.05, 4.69) is 59.5 Å². The Morgan fingerprint density at radius 1 is 1.00 bits per heavy atom. The highest BCUT2D eigenvalue weighted by molar-refractivity contribution is 5.55. The van der Waals surface area contributed by atoms with E-state index >= 15 is 0 Å². The smallest absolute Gasteiger partial charge is 0.0414 e. The van der Waals surface area contributed by atoms with Gasteiger partial charge in [-0.25, -0.2) is 0 Å². The van der Waals surface area contributed by atoms with Crippen LogP contribution in [0.1, 0.15) is 36.4 Å². The highest BCUT2D eigenvalue weighted by Crippen LogP contribution is 2.31. The number of hydrogen-bond acceptors (Lipinski definition) is 2. The average Bonchev–Trinajstić information content (AvgIpc) is 2.69. The number of para-hydroxylation sites is 1. The van der Waals surface area contributed by atoms with Crippen LogP contribution < -0.4 is 10.6 Å². The van der Waals surface area contributed by atoms with Crippen LogP contribution in [-0.2, 0) is 6.42 Å². The lowest BCUT2D eigenvalue weighted by molar-refractivity contribution is 0.622. The summed E-state index contributed by atoms with van der Waals surface area (Å²) >= 11 is 0. The van der Waals surface area contributed by atoms with Gasteiger partial charge in [-0.05, 0) is 42.9 Å². The van der Waals surface area contributed by atoms with Crippen molar-refractivity contribution in [3.63, 3.8) is 0 Å². The Morgan fingerprint density at radius 3 is 2.62 bits per heavy atom. The monoisotopic (exact) mass is 280 g/mol. The molecule has 0 fully saturated rings. The Balaban J connectivity index is 1.66. The predicted molar refractivity (Wildman–Crippen MR) is 89.6 cm³/mol. The third kappa shape index (κ3) is 3.45. The summed E-state index contributed by atoms with van der Waals surface area (Å²) in [5.74, 6) is 0. The Bertz CT molecular complexity index is 565. The van der Waals surface area contributed by atoms with Gasteiger partial charge in [-0.3, -0.25) is 0 Å². The maximum atomic E-state index is 6.30. The van der Waals surface area contributed by atoms with E-state index in [0.29, 0.717) is 0 Å². The molecular weight excluding hydrogens is 256 g/mol. The molecule has 0 radical (unpaired) electrons. The van der Waals surface area contributed by atoms with Crippen molar-refractivity contribution >= 4 is 5.69 Å². The molecule has 0 spiro atoms. The molecule has 0 saturated carbocycles. The molecule has 2 nitrogen and oxygen atoms in total. The molecule has 2 heteroatoms. The average molecular weight is 280 g/mol. The van der Waals surface area contributed by atoms with Crippen LogP contribution in [-0.4, -0.2) is 13.1 Å².